The molecule has 9 nitrogen and oxygen atoms in total. The van der Waals surface area contributed by atoms with Crippen molar-refractivity contribution in [2.45, 2.75) is 56.8 Å². The van der Waals surface area contributed by atoms with Gasteiger partial charge in [0.15, 0.2) is 6.61 Å². The second-order valence-electron chi connectivity index (χ2n) is 9.55. The molecule has 1 aliphatic carbocycles. The predicted molar refractivity (Wildman–Crippen MR) is 141 cm³/mol. The quantitative estimate of drug-likeness (QED) is 0.0773. The fourth-order valence-corrected chi connectivity index (χ4v) is 4.40. The summed E-state index contributed by atoms with van der Waals surface area (Å²) in [5.41, 5.74) is 0.560. The number of esters is 1. The number of carbonyl (C=O) groups excluding carboxylic acids is 1. The summed E-state index contributed by atoms with van der Waals surface area (Å²) in [5, 5.41) is 30.0. The van der Waals surface area contributed by atoms with Gasteiger partial charge in [-0.1, -0.05) is 48.6 Å². The summed E-state index contributed by atoms with van der Waals surface area (Å²) >= 11 is 0. The molecule has 2 N–H and O–H groups in total. The van der Waals surface area contributed by atoms with Gasteiger partial charge in [-0.2, -0.15) is 8.78 Å². The van der Waals surface area contributed by atoms with Crippen molar-refractivity contribution in [2.24, 2.45) is 11.8 Å². The number of aliphatic hydroxyl groups excluding tert-OH is 2. The van der Waals surface area contributed by atoms with Crippen LogP contribution in [-0.2, 0) is 16.2 Å². The standard InChI is InChI=1S/C29H33F2NO8/c30-29(31,20-38-22-8-4-3-5-9-22)17-16-25-24(26(33)18-27(25)34)10-6-1-2-7-11-28(35)40-23-14-12-21(13-15-23)19-39-32(36)37/h1,3-6,8-9,12-17,24-27,33-34H,2,7,10-11,18-20H2/b6-1-,17-16+/t24-,25-,26+,27-/m1/s1. The maximum absolute atomic E-state index is 14.3. The minimum atomic E-state index is -3.24. The van der Waals surface area contributed by atoms with E-state index in [1.807, 2.05) is 12.2 Å². The Morgan fingerprint density at radius 1 is 1.05 bits per heavy atom. The molecule has 3 rings (SSSR count). The van der Waals surface area contributed by atoms with Crippen LogP contribution in [0.15, 0.2) is 78.9 Å². The Hall–Kier alpha value is -3.83. The number of alkyl halides is 2. The molecule has 0 heterocycles. The number of para-hydroxylation sites is 1. The van der Waals surface area contributed by atoms with Crippen LogP contribution in [0.25, 0.3) is 0 Å². The SMILES string of the molecule is O=C(CCC/C=C\C[C@@H]1[C@@H](/C=C/C(F)(F)COc2ccccc2)[C@H](O)C[C@@H]1O)Oc1ccc(CO[N+](=O)[O-])cc1. The average molecular weight is 562 g/mol. The Morgan fingerprint density at radius 2 is 1.77 bits per heavy atom. The Bertz CT molecular complexity index is 1140. The summed E-state index contributed by atoms with van der Waals surface area (Å²) in [6, 6.07) is 14.5. The van der Waals surface area contributed by atoms with E-state index < -0.39 is 47.6 Å². The molecule has 40 heavy (non-hydrogen) atoms. The van der Waals surface area contributed by atoms with E-state index >= 15 is 0 Å². The second kappa shape index (κ2) is 15.1. The van der Waals surface area contributed by atoms with Gasteiger partial charge in [0, 0.05) is 18.8 Å². The lowest BCUT2D eigenvalue weighted by molar-refractivity contribution is -0.763. The van der Waals surface area contributed by atoms with Crippen molar-refractivity contribution in [3.63, 3.8) is 0 Å². The minimum Gasteiger partial charge on any atom is -0.487 e. The van der Waals surface area contributed by atoms with Gasteiger partial charge in [0.2, 0.25) is 0 Å². The lowest BCUT2D eigenvalue weighted by atomic mass is 9.89. The molecule has 0 radical (unpaired) electrons. The van der Waals surface area contributed by atoms with Crippen LogP contribution in [0.2, 0.25) is 0 Å². The van der Waals surface area contributed by atoms with Crippen LogP contribution in [-0.4, -0.2) is 46.0 Å². The highest BCUT2D eigenvalue weighted by atomic mass is 19.3. The van der Waals surface area contributed by atoms with Gasteiger partial charge in [-0.3, -0.25) is 4.79 Å². The topological polar surface area (TPSA) is 128 Å². The van der Waals surface area contributed by atoms with Gasteiger partial charge in [0.1, 0.15) is 18.1 Å². The van der Waals surface area contributed by atoms with Crippen molar-refractivity contribution in [3.05, 3.63) is 94.6 Å². The molecule has 0 spiro atoms. The van der Waals surface area contributed by atoms with Gasteiger partial charge in [-0.15, -0.1) is 10.1 Å². The number of aliphatic hydroxyl groups is 2. The molecule has 1 saturated carbocycles. The molecule has 0 bridgehead atoms. The molecule has 1 aliphatic rings. The first kappa shape index (κ1) is 30.7. The van der Waals surface area contributed by atoms with Crippen LogP contribution >= 0.6 is 0 Å². The molecule has 2 aromatic carbocycles. The van der Waals surface area contributed by atoms with Gasteiger partial charge in [-0.25, -0.2) is 0 Å². The zero-order chi connectivity index (χ0) is 29.0. The molecule has 216 valence electrons. The number of hydrogen-bond donors (Lipinski definition) is 2. The highest BCUT2D eigenvalue weighted by Gasteiger charge is 2.40. The highest BCUT2D eigenvalue weighted by Crippen LogP contribution is 2.37. The fraction of sp³-hybridized carbons (Fsp3) is 0.414. The Balaban J connectivity index is 1.39. The molecule has 11 heteroatoms. The van der Waals surface area contributed by atoms with E-state index in [0.29, 0.717) is 36.3 Å². The van der Waals surface area contributed by atoms with Crippen molar-refractivity contribution in [3.8, 4) is 11.5 Å². The number of benzene rings is 2. The van der Waals surface area contributed by atoms with E-state index in [-0.39, 0.29) is 19.4 Å². The third-order valence-corrected chi connectivity index (χ3v) is 6.47. The van der Waals surface area contributed by atoms with Gasteiger partial charge >= 0.3 is 5.97 Å². The summed E-state index contributed by atoms with van der Waals surface area (Å²) in [5.74, 6) is -4.08. The number of nitrogens with zero attached hydrogens (tertiary/aromatic N) is 1. The van der Waals surface area contributed by atoms with Crippen LogP contribution in [0, 0.1) is 22.0 Å². The highest BCUT2D eigenvalue weighted by molar-refractivity contribution is 5.72. The number of rotatable bonds is 15. The van der Waals surface area contributed by atoms with Crippen molar-refractivity contribution in [2.75, 3.05) is 6.61 Å². The van der Waals surface area contributed by atoms with Crippen molar-refractivity contribution in [1.82, 2.24) is 0 Å². The summed E-state index contributed by atoms with van der Waals surface area (Å²) in [4.78, 5) is 26.6. The smallest absolute Gasteiger partial charge is 0.311 e. The van der Waals surface area contributed by atoms with Crippen LogP contribution in [0.3, 0.4) is 0 Å². The minimum absolute atomic E-state index is 0.106. The van der Waals surface area contributed by atoms with E-state index in [1.54, 1.807) is 42.5 Å². The number of allylic oxidation sites excluding steroid dienone is 2. The monoisotopic (exact) mass is 561 g/mol. The average Bonchev–Trinajstić information content (AvgIpc) is 3.20. The molecule has 2 aromatic rings. The van der Waals surface area contributed by atoms with Crippen molar-refractivity contribution in [1.29, 1.82) is 0 Å². The van der Waals surface area contributed by atoms with Gasteiger partial charge in [-0.05, 0) is 61.1 Å². The molecule has 1 fully saturated rings. The normalized spacial score (nSPS) is 21.1. The third-order valence-electron chi connectivity index (χ3n) is 6.47. The molecule has 0 aliphatic heterocycles. The first-order chi connectivity index (χ1) is 19.1. The lowest BCUT2D eigenvalue weighted by Crippen LogP contribution is -2.25. The second-order valence-corrected chi connectivity index (χ2v) is 9.55. The zero-order valence-corrected chi connectivity index (χ0v) is 21.8. The molecule has 4 atom stereocenters. The number of hydrogen-bond acceptors (Lipinski definition) is 8. The molecular formula is C29H33F2NO8. The molecule has 0 saturated heterocycles. The van der Waals surface area contributed by atoms with E-state index in [2.05, 4.69) is 4.84 Å². The van der Waals surface area contributed by atoms with E-state index in [0.717, 1.165) is 6.08 Å². The first-order valence-electron chi connectivity index (χ1n) is 13.0. The van der Waals surface area contributed by atoms with Crippen molar-refractivity contribution >= 4 is 5.97 Å². The Kier molecular flexibility index (Phi) is 11.6. The van der Waals surface area contributed by atoms with Crippen LogP contribution < -0.4 is 9.47 Å². The number of halogens is 2. The predicted octanol–water partition coefficient (Wildman–Crippen LogP) is 5.05. The summed E-state index contributed by atoms with van der Waals surface area (Å²) in [7, 11) is 0. The van der Waals surface area contributed by atoms with Gasteiger partial charge < -0.3 is 24.5 Å². The molecule has 0 amide bonds. The summed E-state index contributed by atoms with van der Waals surface area (Å²) in [6.07, 6.45) is 5.64. The van der Waals surface area contributed by atoms with E-state index in [9.17, 15) is 33.9 Å². The third kappa shape index (κ3) is 10.4. The maximum Gasteiger partial charge on any atom is 0.311 e. The van der Waals surface area contributed by atoms with Crippen LogP contribution in [0.1, 0.15) is 37.7 Å². The van der Waals surface area contributed by atoms with E-state index in [4.69, 9.17) is 9.47 Å². The number of carbonyl (C=O) groups is 1. The first-order valence-corrected chi connectivity index (χ1v) is 13.0. The summed E-state index contributed by atoms with van der Waals surface area (Å²) in [6.45, 7) is -1.03. The number of unbranched alkanes of at least 4 members (excludes halogenated alkanes) is 1. The number of ether oxygens (including phenoxy) is 2. The van der Waals surface area contributed by atoms with Crippen LogP contribution in [0.4, 0.5) is 8.78 Å². The fourth-order valence-electron chi connectivity index (χ4n) is 4.40. The molecule has 0 unspecified atom stereocenters. The van der Waals surface area contributed by atoms with Crippen LogP contribution in [0.5, 0.6) is 11.5 Å². The largest absolute Gasteiger partial charge is 0.487 e. The maximum atomic E-state index is 14.3. The van der Waals surface area contributed by atoms with Gasteiger partial charge in [0.25, 0.3) is 11.0 Å². The Morgan fingerprint density at radius 3 is 2.48 bits per heavy atom. The zero-order valence-electron chi connectivity index (χ0n) is 21.8. The van der Waals surface area contributed by atoms with E-state index in [1.165, 1.54) is 18.2 Å². The molecule has 0 aromatic heterocycles. The lowest BCUT2D eigenvalue weighted by Gasteiger charge is -2.20. The van der Waals surface area contributed by atoms with Crippen molar-refractivity contribution < 1.29 is 43.2 Å². The molecular weight excluding hydrogens is 528 g/mol. The Labute approximate surface area is 230 Å². The summed E-state index contributed by atoms with van der Waals surface area (Å²) < 4.78 is 39.1. The van der Waals surface area contributed by atoms with Gasteiger partial charge in [0.05, 0.1) is 12.2 Å².